The van der Waals surface area contributed by atoms with Crippen LogP contribution in [0.5, 0.6) is 5.75 Å². The molecule has 1 aromatic heterocycles. The topological polar surface area (TPSA) is 82.8 Å². The summed E-state index contributed by atoms with van der Waals surface area (Å²) in [5.41, 5.74) is 1.85. The van der Waals surface area contributed by atoms with Crippen molar-refractivity contribution in [1.82, 2.24) is 4.90 Å². The Hall–Kier alpha value is -3.28. The first-order chi connectivity index (χ1) is 15.4. The second-order valence-electron chi connectivity index (χ2n) is 8.81. The molecule has 0 N–H and O–H groups in total. The number of carbonyl (C=O) groups excluding carboxylic acids is 2. The van der Waals surface area contributed by atoms with E-state index in [1.807, 2.05) is 49.4 Å². The molecule has 1 fully saturated rings. The van der Waals surface area contributed by atoms with Gasteiger partial charge in [0.1, 0.15) is 11.5 Å². The molecule has 1 saturated carbocycles. The fraction of sp³-hybridized carbons (Fsp3) is 0.385. The number of fused-ring (bicyclic) bond motifs is 2. The lowest BCUT2D eigenvalue weighted by Crippen LogP contribution is -2.47. The van der Waals surface area contributed by atoms with Gasteiger partial charge in [-0.2, -0.15) is 0 Å². The standard InChI is InChI=1S/C26H29NO5/c1-16(2)13-22(17-8-10-20(31-3)11-9-17)27(15-21-5-4-12-32-21)25(28)23-18-6-7-19(14-18)24(23)26(29)30/h4-12,18-19,22-24H,1,13-15H2,2-3H3,(H,29,30)/p-1/t18-,19+,22-,23+,24-/m0/s1. The first-order valence-corrected chi connectivity index (χ1v) is 10.9. The zero-order valence-electron chi connectivity index (χ0n) is 18.4. The molecule has 32 heavy (non-hydrogen) atoms. The SMILES string of the molecule is C=C(C)C[C@@H](c1ccc(OC)cc1)N(Cc1ccco1)C(=O)[C@H]1[C@@H](C(=O)[O-])[C@@H]2C=C[C@H]1C2. The average molecular weight is 435 g/mol. The van der Waals surface area contributed by atoms with Gasteiger partial charge in [-0.15, -0.1) is 6.58 Å². The average Bonchev–Trinajstić information content (AvgIpc) is 3.53. The molecular weight excluding hydrogens is 406 g/mol. The van der Waals surface area contributed by atoms with Crippen molar-refractivity contribution in [3.8, 4) is 5.75 Å². The number of nitrogens with zero attached hydrogens (tertiary/aromatic N) is 1. The number of carbonyl (C=O) groups is 2. The van der Waals surface area contributed by atoms with Crippen molar-refractivity contribution in [2.24, 2.45) is 23.7 Å². The van der Waals surface area contributed by atoms with Gasteiger partial charge in [-0.25, -0.2) is 0 Å². The molecule has 0 spiro atoms. The second-order valence-corrected chi connectivity index (χ2v) is 8.81. The number of carboxylic acid groups (broad SMARTS) is 1. The molecule has 0 unspecified atom stereocenters. The molecule has 2 aromatic rings. The normalized spacial score (nSPS) is 24.3. The molecule has 1 amide bonds. The van der Waals surface area contributed by atoms with Crippen LogP contribution in [0.3, 0.4) is 0 Å². The molecule has 0 radical (unpaired) electrons. The molecule has 6 nitrogen and oxygen atoms in total. The Morgan fingerprint density at radius 2 is 1.88 bits per heavy atom. The van der Waals surface area contributed by atoms with Crippen LogP contribution in [0, 0.1) is 23.7 Å². The zero-order valence-corrected chi connectivity index (χ0v) is 18.4. The molecule has 0 saturated heterocycles. The Kier molecular flexibility index (Phi) is 6.21. The van der Waals surface area contributed by atoms with Crippen molar-refractivity contribution >= 4 is 11.9 Å². The highest BCUT2D eigenvalue weighted by Gasteiger charge is 2.50. The first kappa shape index (κ1) is 21.9. The lowest BCUT2D eigenvalue weighted by Gasteiger charge is -2.37. The number of rotatable bonds is 9. The highest BCUT2D eigenvalue weighted by molar-refractivity contribution is 5.86. The summed E-state index contributed by atoms with van der Waals surface area (Å²) in [7, 11) is 1.61. The van der Waals surface area contributed by atoms with Gasteiger partial charge in [-0.05, 0) is 61.4 Å². The van der Waals surface area contributed by atoms with Crippen molar-refractivity contribution in [1.29, 1.82) is 0 Å². The van der Waals surface area contributed by atoms with Crippen LogP contribution in [0.4, 0.5) is 0 Å². The van der Waals surface area contributed by atoms with E-state index in [1.165, 1.54) is 0 Å². The molecule has 2 aliphatic rings. The maximum absolute atomic E-state index is 14.0. The van der Waals surface area contributed by atoms with Gasteiger partial charge in [0.05, 0.1) is 31.9 Å². The number of ether oxygens (including phenoxy) is 1. The van der Waals surface area contributed by atoms with Crippen LogP contribution in [-0.2, 0) is 16.1 Å². The molecule has 5 atom stereocenters. The third-order valence-corrected chi connectivity index (χ3v) is 6.62. The summed E-state index contributed by atoms with van der Waals surface area (Å²) in [4.78, 5) is 27.7. The lowest BCUT2D eigenvalue weighted by molar-refractivity contribution is -0.313. The molecule has 168 valence electrons. The number of carboxylic acids is 1. The minimum atomic E-state index is -1.15. The van der Waals surface area contributed by atoms with Crippen molar-refractivity contribution < 1.29 is 23.8 Å². The number of hydrogen-bond donors (Lipinski definition) is 0. The quantitative estimate of drug-likeness (QED) is 0.564. The lowest BCUT2D eigenvalue weighted by atomic mass is 9.81. The minimum absolute atomic E-state index is 0.0872. The third-order valence-electron chi connectivity index (χ3n) is 6.62. The predicted octanol–water partition coefficient (Wildman–Crippen LogP) is 3.51. The van der Waals surface area contributed by atoms with Gasteiger partial charge in [-0.3, -0.25) is 4.79 Å². The van der Waals surface area contributed by atoms with Crippen LogP contribution in [0.25, 0.3) is 0 Å². The minimum Gasteiger partial charge on any atom is -0.550 e. The van der Waals surface area contributed by atoms with Gasteiger partial charge in [0.15, 0.2) is 0 Å². The van der Waals surface area contributed by atoms with Crippen LogP contribution in [0.1, 0.15) is 37.1 Å². The van der Waals surface area contributed by atoms with Crippen molar-refractivity contribution in [2.45, 2.75) is 32.4 Å². The van der Waals surface area contributed by atoms with E-state index in [9.17, 15) is 14.7 Å². The van der Waals surface area contributed by atoms with Crippen molar-refractivity contribution in [2.75, 3.05) is 7.11 Å². The van der Waals surface area contributed by atoms with Crippen molar-refractivity contribution in [3.63, 3.8) is 0 Å². The van der Waals surface area contributed by atoms with Gasteiger partial charge < -0.3 is 24.0 Å². The molecule has 6 heteroatoms. The van der Waals surface area contributed by atoms with E-state index < -0.39 is 17.8 Å². The summed E-state index contributed by atoms with van der Waals surface area (Å²) >= 11 is 0. The summed E-state index contributed by atoms with van der Waals surface area (Å²) in [6.45, 7) is 6.24. The van der Waals surface area contributed by atoms with Crippen LogP contribution in [0.2, 0.25) is 0 Å². The van der Waals surface area contributed by atoms with Gasteiger partial charge in [0.25, 0.3) is 0 Å². The van der Waals surface area contributed by atoms with Gasteiger partial charge in [0.2, 0.25) is 5.91 Å². The second kappa shape index (κ2) is 9.07. The molecule has 2 aliphatic carbocycles. The van der Waals surface area contributed by atoms with E-state index in [4.69, 9.17) is 9.15 Å². The molecule has 4 rings (SSSR count). The molecule has 1 aromatic carbocycles. The van der Waals surface area contributed by atoms with E-state index in [2.05, 4.69) is 6.58 Å². The monoisotopic (exact) mass is 434 g/mol. The van der Waals surface area contributed by atoms with E-state index in [0.717, 1.165) is 16.9 Å². The van der Waals surface area contributed by atoms with Crippen LogP contribution >= 0.6 is 0 Å². The van der Waals surface area contributed by atoms with Gasteiger partial charge in [-0.1, -0.05) is 29.9 Å². The number of methoxy groups -OCH3 is 1. The van der Waals surface area contributed by atoms with E-state index in [1.54, 1.807) is 24.3 Å². The summed E-state index contributed by atoms with van der Waals surface area (Å²) in [6, 6.07) is 10.9. The maximum atomic E-state index is 14.0. The maximum Gasteiger partial charge on any atom is 0.227 e. The van der Waals surface area contributed by atoms with E-state index >= 15 is 0 Å². The Labute approximate surface area is 188 Å². The van der Waals surface area contributed by atoms with E-state index in [0.29, 0.717) is 18.6 Å². The number of benzene rings is 1. The number of amides is 1. The fourth-order valence-electron chi connectivity index (χ4n) is 5.15. The number of furan rings is 1. The summed E-state index contributed by atoms with van der Waals surface area (Å²) in [6.07, 6.45) is 6.70. The zero-order chi connectivity index (χ0) is 22.8. The Morgan fingerprint density at radius 1 is 1.19 bits per heavy atom. The Balaban J connectivity index is 1.73. The molecular formula is C26H28NO5-. The Morgan fingerprint density at radius 3 is 2.44 bits per heavy atom. The number of aliphatic carboxylic acids is 1. The molecule has 2 bridgehead atoms. The number of allylic oxidation sites excluding steroid dienone is 2. The highest BCUT2D eigenvalue weighted by Crippen LogP contribution is 2.49. The summed E-state index contributed by atoms with van der Waals surface area (Å²) < 4.78 is 10.8. The van der Waals surface area contributed by atoms with Crippen LogP contribution in [0.15, 0.2) is 71.4 Å². The van der Waals surface area contributed by atoms with Gasteiger partial charge >= 0.3 is 0 Å². The Bertz CT molecular complexity index is 1010. The van der Waals surface area contributed by atoms with Crippen LogP contribution in [-0.4, -0.2) is 23.9 Å². The predicted molar refractivity (Wildman–Crippen MR) is 117 cm³/mol. The molecule has 1 heterocycles. The highest BCUT2D eigenvalue weighted by atomic mass is 16.5. The summed E-state index contributed by atoms with van der Waals surface area (Å²) in [5, 5.41) is 12.0. The number of hydrogen-bond acceptors (Lipinski definition) is 5. The van der Waals surface area contributed by atoms with E-state index in [-0.39, 0.29) is 30.3 Å². The smallest absolute Gasteiger partial charge is 0.227 e. The third kappa shape index (κ3) is 4.22. The molecule has 0 aliphatic heterocycles. The summed E-state index contributed by atoms with van der Waals surface area (Å²) in [5.74, 6) is -1.66. The van der Waals surface area contributed by atoms with Crippen LogP contribution < -0.4 is 9.84 Å². The largest absolute Gasteiger partial charge is 0.550 e. The van der Waals surface area contributed by atoms with Crippen molar-refractivity contribution in [3.05, 3.63) is 78.3 Å². The fourth-order valence-corrected chi connectivity index (χ4v) is 5.15. The first-order valence-electron chi connectivity index (χ1n) is 10.9. The van der Waals surface area contributed by atoms with Gasteiger partial charge in [0, 0.05) is 11.9 Å².